The lowest BCUT2D eigenvalue weighted by atomic mass is 9.74. The van der Waals surface area contributed by atoms with Gasteiger partial charge in [0.15, 0.2) is 0 Å². The summed E-state index contributed by atoms with van der Waals surface area (Å²) < 4.78 is 16.1. The van der Waals surface area contributed by atoms with Crippen LogP contribution in [0.2, 0.25) is 0 Å². The molecular weight excluding hydrogens is 354 g/mol. The smallest absolute Gasteiger partial charge is 0.226 e. The first-order valence-electron chi connectivity index (χ1n) is 9.76. The number of carbonyl (C=O) groups excluding carboxylic acids is 1. The fourth-order valence-corrected chi connectivity index (χ4v) is 3.82. The van der Waals surface area contributed by atoms with Crippen molar-refractivity contribution >= 4 is 5.91 Å². The van der Waals surface area contributed by atoms with Crippen LogP contribution in [-0.2, 0) is 20.7 Å². The third-order valence-corrected chi connectivity index (χ3v) is 5.41. The molecule has 1 aliphatic heterocycles. The highest BCUT2D eigenvalue weighted by Crippen LogP contribution is 2.36. The van der Waals surface area contributed by atoms with E-state index in [2.05, 4.69) is 29.6 Å². The number of carbonyl (C=O) groups is 1. The van der Waals surface area contributed by atoms with Crippen LogP contribution in [0.4, 0.5) is 0 Å². The Morgan fingerprint density at radius 1 is 1.11 bits per heavy atom. The number of para-hydroxylation sites is 1. The quantitative estimate of drug-likeness (QED) is 0.709. The van der Waals surface area contributed by atoms with Gasteiger partial charge in [0.05, 0.1) is 19.1 Å². The van der Waals surface area contributed by atoms with Crippen molar-refractivity contribution in [1.82, 2.24) is 5.32 Å². The second-order valence-corrected chi connectivity index (χ2v) is 7.22. The Hall–Kier alpha value is -2.37. The maximum absolute atomic E-state index is 13.0. The topological polar surface area (TPSA) is 56.8 Å². The molecule has 0 aliphatic carbocycles. The van der Waals surface area contributed by atoms with E-state index in [0.29, 0.717) is 32.8 Å². The standard InChI is InChI=1S/C23H29NO4/c1-26-15-12-24-22(25)23(10-13-28-14-11-23)17-18-6-5-7-19(16-18)20-8-3-4-9-21(20)27-2/h3-9,16H,10-15,17H2,1-2H3,(H,24,25). The summed E-state index contributed by atoms with van der Waals surface area (Å²) in [5.74, 6) is 0.938. The first-order chi connectivity index (χ1) is 13.7. The van der Waals surface area contributed by atoms with Crippen LogP contribution in [0, 0.1) is 5.41 Å². The predicted octanol–water partition coefficient (Wildman–Crippen LogP) is 3.46. The molecular formula is C23H29NO4. The van der Waals surface area contributed by atoms with E-state index in [1.807, 2.05) is 24.3 Å². The van der Waals surface area contributed by atoms with Crippen LogP contribution in [0.25, 0.3) is 11.1 Å². The molecule has 0 aromatic heterocycles. The van der Waals surface area contributed by atoms with Gasteiger partial charge in [0, 0.05) is 32.4 Å². The van der Waals surface area contributed by atoms with Crippen LogP contribution in [0.3, 0.4) is 0 Å². The van der Waals surface area contributed by atoms with Crippen LogP contribution in [0.15, 0.2) is 48.5 Å². The SMILES string of the molecule is COCCNC(=O)C1(Cc2cccc(-c3ccccc3OC)c2)CCOCC1. The number of hydrogen-bond donors (Lipinski definition) is 1. The van der Waals surface area contributed by atoms with Crippen molar-refractivity contribution in [3.63, 3.8) is 0 Å². The van der Waals surface area contributed by atoms with Gasteiger partial charge < -0.3 is 19.5 Å². The highest BCUT2D eigenvalue weighted by atomic mass is 16.5. The third kappa shape index (κ3) is 4.72. The van der Waals surface area contributed by atoms with E-state index in [-0.39, 0.29) is 5.91 Å². The minimum atomic E-state index is -0.439. The van der Waals surface area contributed by atoms with E-state index in [0.717, 1.165) is 35.3 Å². The molecule has 0 radical (unpaired) electrons. The van der Waals surface area contributed by atoms with Crippen molar-refractivity contribution in [3.05, 3.63) is 54.1 Å². The zero-order chi connectivity index (χ0) is 19.8. The van der Waals surface area contributed by atoms with E-state index in [4.69, 9.17) is 14.2 Å². The first-order valence-corrected chi connectivity index (χ1v) is 9.76. The average molecular weight is 383 g/mol. The number of hydrogen-bond acceptors (Lipinski definition) is 4. The zero-order valence-electron chi connectivity index (χ0n) is 16.7. The largest absolute Gasteiger partial charge is 0.496 e. The average Bonchev–Trinajstić information content (AvgIpc) is 2.74. The highest BCUT2D eigenvalue weighted by Gasteiger charge is 2.39. The molecule has 1 saturated heterocycles. The van der Waals surface area contributed by atoms with Crippen molar-refractivity contribution in [2.45, 2.75) is 19.3 Å². The predicted molar refractivity (Wildman–Crippen MR) is 110 cm³/mol. The van der Waals surface area contributed by atoms with Gasteiger partial charge in [0.25, 0.3) is 0 Å². The fourth-order valence-electron chi connectivity index (χ4n) is 3.82. The Balaban J connectivity index is 1.84. The van der Waals surface area contributed by atoms with E-state index in [9.17, 15) is 4.79 Å². The summed E-state index contributed by atoms with van der Waals surface area (Å²) in [5, 5.41) is 3.04. The number of nitrogens with one attached hydrogen (secondary N) is 1. The molecule has 2 aromatic carbocycles. The van der Waals surface area contributed by atoms with Crippen LogP contribution in [0.1, 0.15) is 18.4 Å². The van der Waals surface area contributed by atoms with Crippen LogP contribution >= 0.6 is 0 Å². The first kappa shape index (κ1) is 20.4. The van der Waals surface area contributed by atoms with Gasteiger partial charge in [-0.15, -0.1) is 0 Å². The van der Waals surface area contributed by atoms with E-state index in [1.54, 1.807) is 14.2 Å². The Morgan fingerprint density at radius 3 is 2.64 bits per heavy atom. The van der Waals surface area contributed by atoms with Gasteiger partial charge in [0.2, 0.25) is 5.91 Å². The van der Waals surface area contributed by atoms with Crippen LogP contribution in [0.5, 0.6) is 5.75 Å². The summed E-state index contributed by atoms with van der Waals surface area (Å²) in [6.07, 6.45) is 2.15. The van der Waals surface area contributed by atoms with E-state index < -0.39 is 5.41 Å². The molecule has 1 amide bonds. The molecule has 1 heterocycles. The second kappa shape index (κ2) is 9.71. The van der Waals surface area contributed by atoms with Gasteiger partial charge in [-0.1, -0.05) is 42.5 Å². The highest BCUT2D eigenvalue weighted by molar-refractivity contribution is 5.83. The number of amides is 1. The van der Waals surface area contributed by atoms with Crippen LogP contribution < -0.4 is 10.1 Å². The third-order valence-electron chi connectivity index (χ3n) is 5.41. The summed E-state index contributed by atoms with van der Waals surface area (Å²) in [5.41, 5.74) is 2.85. The number of ether oxygens (including phenoxy) is 3. The fraction of sp³-hybridized carbons (Fsp3) is 0.435. The van der Waals surface area contributed by atoms with Gasteiger partial charge in [0.1, 0.15) is 5.75 Å². The molecule has 1 aliphatic rings. The van der Waals surface area contributed by atoms with Crippen molar-refractivity contribution in [2.24, 2.45) is 5.41 Å². The maximum atomic E-state index is 13.0. The van der Waals surface area contributed by atoms with Crippen molar-refractivity contribution in [1.29, 1.82) is 0 Å². The number of benzene rings is 2. The summed E-state index contributed by atoms with van der Waals surface area (Å²) in [7, 11) is 3.32. The summed E-state index contributed by atoms with van der Waals surface area (Å²) in [6, 6.07) is 16.4. The molecule has 0 bridgehead atoms. The molecule has 0 spiro atoms. The van der Waals surface area contributed by atoms with Crippen LogP contribution in [-0.4, -0.2) is 46.5 Å². The zero-order valence-corrected chi connectivity index (χ0v) is 16.7. The van der Waals surface area contributed by atoms with Gasteiger partial charge in [-0.2, -0.15) is 0 Å². The van der Waals surface area contributed by atoms with Crippen molar-refractivity contribution in [3.8, 4) is 16.9 Å². The molecule has 0 saturated carbocycles. The molecule has 28 heavy (non-hydrogen) atoms. The van der Waals surface area contributed by atoms with Gasteiger partial charge in [-0.3, -0.25) is 4.79 Å². The minimum absolute atomic E-state index is 0.0931. The monoisotopic (exact) mass is 383 g/mol. The molecule has 2 aromatic rings. The minimum Gasteiger partial charge on any atom is -0.496 e. The van der Waals surface area contributed by atoms with Gasteiger partial charge in [-0.05, 0) is 36.5 Å². The van der Waals surface area contributed by atoms with Crippen molar-refractivity contribution < 1.29 is 19.0 Å². The summed E-state index contributed by atoms with van der Waals surface area (Å²) in [4.78, 5) is 13.0. The van der Waals surface area contributed by atoms with E-state index in [1.165, 1.54) is 0 Å². The molecule has 0 unspecified atom stereocenters. The van der Waals surface area contributed by atoms with Gasteiger partial charge >= 0.3 is 0 Å². The Morgan fingerprint density at radius 2 is 1.89 bits per heavy atom. The Labute approximate surface area is 167 Å². The molecule has 1 fully saturated rings. The lowest BCUT2D eigenvalue weighted by Gasteiger charge is -2.36. The lowest BCUT2D eigenvalue weighted by Crippen LogP contribution is -2.46. The lowest BCUT2D eigenvalue weighted by molar-refractivity contribution is -0.136. The van der Waals surface area contributed by atoms with Crippen molar-refractivity contribution in [2.75, 3.05) is 40.6 Å². The molecule has 5 nitrogen and oxygen atoms in total. The number of rotatable bonds is 8. The molecule has 150 valence electrons. The summed E-state index contributed by atoms with van der Waals surface area (Å²) >= 11 is 0. The molecule has 1 N–H and O–H groups in total. The molecule has 0 atom stereocenters. The Kier molecular flexibility index (Phi) is 7.06. The summed E-state index contributed by atoms with van der Waals surface area (Å²) in [6.45, 7) is 2.27. The normalized spacial score (nSPS) is 15.8. The molecule has 3 rings (SSSR count). The van der Waals surface area contributed by atoms with E-state index >= 15 is 0 Å². The number of methoxy groups -OCH3 is 2. The maximum Gasteiger partial charge on any atom is 0.226 e. The van der Waals surface area contributed by atoms with Gasteiger partial charge in [-0.25, -0.2) is 0 Å². The molecule has 5 heteroatoms. The second-order valence-electron chi connectivity index (χ2n) is 7.22. The Bertz CT molecular complexity index is 784.